The molecule has 1 unspecified atom stereocenters. The Balaban J connectivity index is 2.28. The molecule has 2 heteroatoms. The van der Waals surface area contributed by atoms with Gasteiger partial charge in [0.05, 0.1) is 12.3 Å². The molecule has 19 heavy (non-hydrogen) atoms. The van der Waals surface area contributed by atoms with E-state index < -0.39 is 0 Å². The number of nitrogens with one attached hydrogen (secondary N) is 1. The van der Waals surface area contributed by atoms with Crippen LogP contribution in [0.25, 0.3) is 0 Å². The first-order valence-electron chi connectivity index (χ1n) is 7.12. The number of benzene rings is 1. The standard InChI is InChI=1S/C17H23NO/c1-4-11-18-16(17-13(3)10-12-19-17)15-8-6-14(5-2)7-9-15/h6-10,12,16,18H,4-5,11H2,1-3H3. The normalized spacial score (nSPS) is 12.6. The summed E-state index contributed by atoms with van der Waals surface area (Å²) in [5, 5.41) is 3.57. The van der Waals surface area contributed by atoms with Crippen LogP contribution in [-0.4, -0.2) is 6.54 Å². The third kappa shape index (κ3) is 3.27. The van der Waals surface area contributed by atoms with Crippen molar-refractivity contribution < 1.29 is 4.42 Å². The maximum Gasteiger partial charge on any atom is 0.128 e. The third-order valence-electron chi connectivity index (χ3n) is 3.48. The average Bonchev–Trinajstić information content (AvgIpc) is 2.86. The molecule has 0 aliphatic heterocycles. The van der Waals surface area contributed by atoms with Crippen LogP contribution < -0.4 is 5.32 Å². The smallest absolute Gasteiger partial charge is 0.128 e. The lowest BCUT2D eigenvalue weighted by atomic mass is 10.00. The molecule has 0 bridgehead atoms. The van der Waals surface area contributed by atoms with Gasteiger partial charge in [-0.05, 0) is 49.1 Å². The van der Waals surface area contributed by atoms with Crippen molar-refractivity contribution in [1.82, 2.24) is 5.32 Å². The average molecular weight is 257 g/mol. The largest absolute Gasteiger partial charge is 0.467 e. The lowest BCUT2D eigenvalue weighted by Gasteiger charge is -2.18. The summed E-state index contributed by atoms with van der Waals surface area (Å²) >= 11 is 0. The van der Waals surface area contributed by atoms with Crippen LogP contribution in [0.2, 0.25) is 0 Å². The topological polar surface area (TPSA) is 25.2 Å². The van der Waals surface area contributed by atoms with Crippen LogP contribution in [-0.2, 0) is 6.42 Å². The first-order chi connectivity index (χ1) is 9.26. The van der Waals surface area contributed by atoms with E-state index in [0.717, 1.165) is 25.1 Å². The molecule has 102 valence electrons. The lowest BCUT2D eigenvalue weighted by Crippen LogP contribution is -2.23. The van der Waals surface area contributed by atoms with Gasteiger partial charge < -0.3 is 9.73 Å². The minimum atomic E-state index is 0.154. The molecule has 0 radical (unpaired) electrons. The Bertz CT molecular complexity index is 498. The van der Waals surface area contributed by atoms with Crippen LogP contribution >= 0.6 is 0 Å². The van der Waals surface area contributed by atoms with E-state index in [-0.39, 0.29) is 6.04 Å². The number of aryl methyl sites for hydroxylation is 2. The second-order valence-electron chi connectivity index (χ2n) is 4.95. The molecule has 0 amide bonds. The Morgan fingerprint density at radius 1 is 1.11 bits per heavy atom. The molecule has 0 fully saturated rings. The van der Waals surface area contributed by atoms with Crippen molar-refractivity contribution in [1.29, 1.82) is 0 Å². The summed E-state index contributed by atoms with van der Waals surface area (Å²) in [5.41, 5.74) is 3.84. The van der Waals surface area contributed by atoms with Crippen LogP contribution in [0.15, 0.2) is 41.0 Å². The Morgan fingerprint density at radius 2 is 1.84 bits per heavy atom. The van der Waals surface area contributed by atoms with Crippen molar-refractivity contribution in [3.05, 3.63) is 59.0 Å². The fraction of sp³-hybridized carbons (Fsp3) is 0.412. The van der Waals surface area contributed by atoms with E-state index in [1.54, 1.807) is 6.26 Å². The Kier molecular flexibility index (Phi) is 4.80. The number of hydrogen-bond acceptors (Lipinski definition) is 2. The van der Waals surface area contributed by atoms with E-state index in [9.17, 15) is 0 Å². The van der Waals surface area contributed by atoms with E-state index in [4.69, 9.17) is 4.42 Å². The molecule has 0 aliphatic rings. The van der Waals surface area contributed by atoms with Crippen molar-refractivity contribution in [2.75, 3.05) is 6.54 Å². The van der Waals surface area contributed by atoms with Gasteiger partial charge in [0.15, 0.2) is 0 Å². The van der Waals surface area contributed by atoms with E-state index in [2.05, 4.69) is 50.4 Å². The summed E-state index contributed by atoms with van der Waals surface area (Å²) < 4.78 is 5.67. The molecule has 1 aromatic heterocycles. The molecule has 1 atom stereocenters. The minimum Gasteiger partial charge on any atom is -0.467 e. The fourth-order valence-electron chi connectivity index (χ4n) is 2.28. The van der Waals surface area contributed by atoms with Gasteiger partial charge in [0.2, 0.25) is 0 Å². The second-order valence-corrected chi connectivity index (χ2v) is 4.95. The SMILES string of the molecule is CCCNC(c1ccc(CC)cc1)c1occc1C. The molecule has 1 aromatic carbocycles. The van der Waals surface area contributed by atoms with Crippen molar-refractivity contribution in [2.45, 2.75) is 39.7 Å². The highest BCUT2D eigenvalue weighted by Crippen LogP contribution is 2.26. The predicted octanol–water partition coefficient (Wildman–Crippen LogP) is 4.24. The predicted molar refractivity (Wildman–Crippen MR) is 79.4 cm³/mol. The summed E-state index contributed by atoms with van der Waals surface area (Å²) in [4.78, 5) is 0. The van der Waals surface area contributed by atoms with Gasteiger partial charge in [0, 0.05) is 0 Å². The van der Waals surface area contributed by atoms with Gasteiger partial charge in [-0.3, -0.25) is 0 Å². The number of hydrogen-bond donors (Lipinski definition) is 1. The Morgan fingerprint density at radius 3 is 2.37 bits per heavy atom. The van der Waals surface area contributed by atoms with E-state index in [1.807, 2.05) is 6.07 Å². The number of rotatable bonds is 6. The van der Waals surface area contributed by atoms with E-state index in [0.29, 0.717) is 0 Å². The molecular weight excluding hydrogens is 234 g/mol. The molecule has 0 aliphatic carbocycles. The molecule has 2 aromatic rings. The number of furan rings is 1. The van der Waals surface area contributed by atoms with Crippen molar-refractivity contribution in [3.63, 3.8) is 0 Å². The highest BCUT2D eigenvalue weighted by atomic mass is 16.3. The van der Waals surface area contributed by atoms with Gasteiger partial charge in [0.1, 0.15) is 5.76 Å². The molecule has 0 saturated carbocycles. The fourth-order valence-corrected chi connectivity index (χ4v) is 2.28. The summed E-state index contributed by atoms with van der Waals surface area (Å²) in [6, 6.07) is 11.0. The monoisotopic (exact) mass is 257 g/mol. The quantitative estimate of drug-likeness (QED) is 0.837. The van der Waals surface area contributed by atoms with Crippen LogP contribution in [0.1, 0.15) is 48.8 Å². The van der Waals surface area contributed by atoms with Crippen LogP contribution in [0.4, 0.5) is 0 Å². The van der Waals surface area contributed by atoms with Gasteiger partial charge >= 0.3 is 0 Å². The van der Waals surface area contributed by atoms with Gasteiger partial charge in [0.25, 0.3) is 0 Å². The van der Waals surface area contributed by atoms with E-state index >= 15 is 0 Å². The highest BCUT2D eigenvalue weighted by molar-refractivity contribution is 5.32. The lowest BCUT2D eigenvalue weighted by molar-refractivity contribution is 0.444. The highest BCUT2D eigenvalue weighted by Gasteiger charge is 2.18. The molecule has 1 heterocycles. The van der Waals surface area contributed by atoms with Crippen LogP contribution in [0.5, 0.6) is 0 Å². The summed E-state index contributed by atoms with van der Waals surface area (Å²) in [7, 11) is 0. The molecular formula is C17H23NO. The Hall–Kier alpha value is -1.54. The van der Waals surface area contributed by atoms with Crippen molar-refractivity contribution in [2.24, 2.45) is 0 Å². The summed E-state index contributed by atoms with van der Waals surface area (Å²) in [6.45, 7) is 7.44. The minimum absolute atomic E-state index is 0.154. The molecule has 0 spiro atoms. The molecule has 0 saturated heterocycles. The van der Waals surface area contributed by atoms with Gasteiger partial charge in [-0.25, -0.2) is 0 Å². The zero-order valence-corrected chi connectivity index (χ0v) is 12.1. The Labute approximate surface area is 115 Å². The molecule has 2 nitrogen and oxygen atoms in total. The van der Waals surface area contributed by atoms with Crippen LogP contribution in [0, 0.1) is 6.92 Å². The zero-order valence-electron chi connectivity index (χ0n) is 12.1. The van der Waals surface area contributed by atoms with Crippen LogP contribution in [0.3, 0.4) is 0 Å². The van der Waals surface area contributed by atoms with Gasteiger partial charge in [-0.15, -0.1) is 0 Å². The van der Waals surface area contributed by atoms with Crippen molar-refractivity contribution >= 4 is 0 Å². The molecule has 1 N–H and O–H groups in total. The third-order valence-corrected chi connectivity index (χ3v) is 3.48. The molecule has 2 rings (SSSR count). The van der Waals surface area contributed by atoms with Gasteiger partial charge in [-0.1, -0.05) is 38.1 Å². The first-order valence-corrected chi connectivity index (χ1v) is 7.12. The van der Waals surface area contributed by atoms with Crippen molar-refractivity contribution in [3.8, 4) is 0 Å². The maximum absolute atomic E-state index is 5.67. The first kappa shape index (κ1) is 13.9. The zero-order chi connectivity index (χ0) is 13.7. The maximum atomic E-state index is 5.67. The van der Waals surface area contributed by atoms with E-state index in [1.165, 1.54) is 16.7 Å². The summed E-state index contributed by atoms with van der Waals surface area (Å²) in [5.74, 6) is 1.03. The van der Waals surface area contributed by atoms with Gasteiger partial charge in [-0.2, -0.15) is 0 Å². The summed E-state index contributed by atoms with van der Waals surface area (Å²) in [6.07, 6.45) is 3.96. The second kappa shape index (κ2) is 6.58.